The maximum absolute atomic E-state index is 12.5. The number of hydrogen-bond acceptors (Lipinski definition) is 5. The zero-order valence-corrected chi connectivity index (χ0v) is 14.7. The molecule has 0 aliphatic carbocycles. The maximum Gasteiger partial charge on any atom is 0.307 e. The molecular formula is C19H22N4O3. The number of hydrogen-bond donors (Lipinski definition) is 2. The fourth-order valence-electron chi connectivity index (χ4n) is 3.91. The van der Waals surface area contributed by atoms with Gasteiger partial charge in [-0.1, -0.05) is 12.1 Å². The first-order valence-corrected chi connectivity index (χ1v) is 8.94. The van der Waals surface area contributed by atoms with Gasteiger partial charge in [-0.25, -0.2) is 4.98 Å². The standard InChI is InChI=1S/C19H22N4O3/c1-12(24)21-16-5-3-2-4-15(16)17-9-20-19(26-17)18(25)22-14-8-13-6-7-23(10-13)11-14/h2-5,9,13-14H,6-8,10-11H2,1H3,(H,21,24)(H,22,25). The molecule has 4 rings (SSSR count). The van der Waals surface area contributed by atoms with Crippen LogP contribution in [0.3, 0.4) is 0 Å². The summed E-state index contributed by atoms with van der Waals surface area (Å²) in [6, 6.07) is 7.41. The summed E-state index contributed by atoms with van der Waals surface area (Å²) >= 11 is 0. The molecule has 2 aromatic rings. The Morgan fingerprint density at radius 2 is 2.12 bits per heavy atom. The minimum atomic E-state index is -0.291. The van der Waals surface area contributed by atoms with Gasteiger partial charge in [-0.15, -0.1) is 0 Å². The second kappa shape index (κ2) is 6.92. The van der Waals surface area contributed by atoms with E-state index in [1.807, 2.05) is 18.2 Å². The van der Waals surface area contributed by atoms with Crippen LogP contribution >= 0.6 is 0 Å². The monoisotopic (exact) mass is 354 g/mol. The average molecular weight is 354 g/mol. The Balaban J connectivity index is 1.48. The molecule has 0 radical (unpaired) electrons. The molecule has 2 bridgehead atoms. The number of carbonyl (C=O) groups is 2. The van der Waals surface area contributed by atoms with E-state index in [-0.39, 0.29) is 23.7 Å². The Hall–Kier alpha value is -2.67. The van der Waals surface area contributed by atoms with E-state index in [2.05, 4.69) is 20.5 Å². The second-order valence-corrected chi connectivity index (χ2v) is 7.08. The zero-order valence-electron chi connectivity index (χ0n) is 14.7. The lowest BCUT2D eigenvalue weighted by molar-refractivity contribution is -0.114. The van der Waals surface area contributed by atoms with Crippen LogP contribution in [0.2, 0.25) is 0 Å². The number of oxazole rings is 1. The van der Waals surface area contributed by atoms with Crippen LogP contribution < -0.4 is 10.6 Å². The second-order valence-electron chi connectivity index (χ2n) is 7.08. The molecule has 0 spiro atoms. The van der Waals surface area contributed by atoms with Gasteiger partial charge in [-0.3, -0.25) is 9.59 Å². The van der Waals surface area contributed by atoms with Crippen LogP contribution in [0.4, 0.5) is 5.69 Å². The first-order valence-electron chi connectivity index (χ1n) is 8.94. The van der Waals surface area contributed by atoms with Crippen molar-refractivity contribution in [2.24, 2.45) is 5.92 Å². The summed E-state index contributed by atoms with van der Waals surface area (Å²) in [5.74, 6) is 0.717. The van der Waals surface area contributed by atoms with Crippen LogP contribution in [0.15, 0.2) is 34.9 Å². The van der Waals surface area contributed by atoms with Gasteiger partial charge in [0.1, 0.15) is 0 Å². The minimum Gasteiger partial charge on any atom is -0.432 e. The summed E-state index contributed by atoms with van der Waals surface area (Å²) in [5, 5.41) is 5.80. The number of amides is 2. The van der Waals surface area contributed by atoms with Gasteiger partial charge in [-0.2, -0.15) is 0 Å². The number of aromatic nitrogens is 1. The number of fused-ring (bicyclic) bond motifs is 2. The molecule has 2 aliphatic rings. The number of nitrogens with one attached hydrogen (secondary N) is 2. The van der Waals surface area contributed by atoms with Crippen LogP contribution in [0.1, 0.15) is 30.5 Å². The minimum absolute atomic E-state index is 0.0468. The highest BCUT2D eigenvalue weighted by Crippen LogP contribution is 2.29. The highest BCUT2D eigenvalue weighted by molar-refractivity contribution is 5.94. The Morgan fingerprint density at radius 3 is 2.92 bits per heavy atom. The van der Waals surface area contributed by atoms with Gasteiger partial charge >= 0.3 is 5.91 Å². The molecule has 7 heteroatoms. The van der Waals surface area contributed by atoms with Crippen molar-refractivity contribution in [3.05, 3.63) is 36.4 Å². The van der Waals surface area contributed by atoms with E-state index >= 15 is 0 Å². The van der Waals surface area contributed by atoms with Gasteiger partial charge < -0.3 is 20.0 Å². The third-order valence-electron chi connectivity index (χ3n) is 5.00. The lowest BCUT2D eigenvalue weighted by Crippen LogP contribution is -2.47. The van der Waals surface area contributed by atoms with Crippen LogP contribution in [0.25, 0.3) is 11.3 Å². The van der Waals surface area contributed by atoms with E-state index in [1.165, 1.54) is 19.5 Å². The number of para-hydroxylation sites is 1. The summed E-state index contributed by atoms with van der Waals surface area (Å²) in [7, 11) is 0. The predicted molar refractivity (Wildman–Crippen MR) is 96.7 cm³/mol. The highest BCUT2D eigenvalue weighted by Gasteiger charge is 2.33. The van der Waals surface area contributed by atoms with E-state index in [0.29, 0.717) is 22.9 Å². The highest BCUT2D eigenvalue weighted by atomic mass is 16.4. The molecule has 1 aromatic carbocycles. The van der Waals surface area contributed by atoms with Crippen LogP contribution in [0, 0.1) is 5.92 Å². The molecule has 0 saturated carbocycles. The third kappa shape index (κ3) is 3.48. The molecular weight excluding hydrogens is 332 g/mol. The van der Waals surface area contributed by atoms with Crippen molar-refractivity contribution in [2.75, 3.05) is 25.0 Å². The maximum atomic E-state index is 12.5. The van der Waals surface area contributed by atoms with Crippen LogP contribution in [-0.2, 0) is 4.79 Å². The number of benzene rings is 1. The Labute approximate surface area is 151 Å². The van der Waals surface area contributed by atoms with E-state index in [1.54, 1.807) is 6.07 Å². The zero-order chi connectivity index (χ0) is 18.1. The lowest BCUT2D eigenvalue weighted by atomic mass is 9.97. The Bertz CT molecular complexity index is 820. The average Bonchev–Trinajstić information content (AvgIpc) is 3.22. The third-order valence-corrected chi connectivity index (χ3v) is 5.00. The van der Waals surface area contributed by atoms with Gasteiger partial charge in [0.15, 0.2) is 5.76 Å². The molecule has 3 heterocycles. The van der Waals surface area contributed by atoms with Crippen molar-refractivity contribution in [3.63, 3.8) is 0 Å². The molecule has 3 atom stereocenters. The molecule has 2 N–H and O–H groups in total. The van der Waals surface area contributed by atoms with Crippen molar-refractivity contribution < 1.29 is 14.0 Å². The number of piperidine rings is 1. The predicted octanol–water partition coefficient (Wildman–Crippen LogP) is 2.12. The molecule has 7 nitrogen and oxygen atoms in total. The lowest BCUT2D eigenvalue weighted by Gasteiger charge is -2.30. The summed E-state index contributed by atoms with van der Waals surface area (Å²) < 4.78 is 5.68. The van der Waals surface area contributed by atoms with Crippen molar-refractivity contribution in [1.82, 2.24) is 15.2 Å². The van der Waals surface area contributed by atoms with Gasteiger partial charge in [0, 0.05) is 31.6 Å². The molecule has 136 valence electrons. The summed E-state index contributed by atoms with van der Waals surface area (Å²) in [6.45, 7) is 4.61. The number of rotatable bonds is 4. The number of anilines is 1. The van der Waals surface area contributed by atoms with Gasteiger partial charge in [0.2, 0.25) is 5.91 Å². The van der Waals surface area contributed by atoms with Crippen molar-refractivity contribution in [2.45, 2.75) is 25.8 Å². The molecule has 3 unspecified atom stereocenters. The molecule has 1 aromatic heterocycles. The van der Waals surface area contributed by atoms with E-state index in [4.69, 9.17) is 4.42 Å². The van der Waals surface area contributed by atoms with Crippen molar-refractivity contribution >= 4 is 17.5 Å². The van der Waals surface area contributed by atoms with E-state index in [0.717, 1.165) is 26.1 Å². The van der Waals surface area contributed by atoms with Crippen LogP contribution in [0.5, 0.6) is 0 Å². The molecule has 2 saturated heterocycles. The first-order chi connectivity index (χ1) is 12.6. The largest absolute Gasteiger partial charge is 0.432 e. The fourth-order valence-corrected chi connectivity index (χ4v) is 3.91. The quantitative estimate of drug-likeness (QED) is 0.878. The number of carbonyl (C=O) groups excluding carboxylic acids is 2. The van der Waals surface area contributed by atoms with Crippen LogP contribution in [-0.4, -0.2) is 47.4 Å². The van der Waals surface area contributed by atoms with E-state index < -0.39 is 0 Å². The first kappa shape index (κ1) is 16.8. The van der Waals surface area contributed by atoms with Gasteiger partial charge in [0.25, 0.3) is 5.89 Å². The molecule has 2 fully saturated rings. The molecule has 2 amide bonds. The smallest absolute Gasteiger partial charge is 0.307 e. The number of nitrogens with zero attached hydrogens (tertiary/aromatic N) is 2. The SMILES string of the molecule is CC(=O)Nc1ccccc1-c1cnc(C(=O)NC2CC3CCN(C3)C2)o1. The Morgan fingerprint density at radius 1 is 1.27 bits per heavy atom. The fraction of sp³-hybridized carbons (Fsp3) is 0.421. The Kier molecular flexibility index (Phi) is 4.46. The normalized spacial score (nSPS) is 24.3. The van der Waals surface area contributed by atoms with E-state index in [9.17, 15) is 9.59 Å². The topological polar surface area (TPSA) is 87.5 Å². The summed E-state index contributed by atoms with van der Waals surface area (Å²) in [5.41, 5.74) is 1.32. The molecule has 26 heavy (non-hydrogen) atoms. The van der Waals surface area contributed by atoms with Crippen molar-refractivity contribution in [1.29, 1.82) is 0 Å². The van der Waals surface area contributed by atoms with Crippen molar-refractivity contribution in [3.8, 4) is 11.3 Å². The summed E-state index contributed by atoms with van der Waals surface area (Å²) in [6.07, 6.45) is 3.75. The summed E-state index contributed by atoms with van der Waals surface area (Å²) in [4.78, 5) is 30.4. The van der Waals surface area contributed by atoms with Gasteiger partial charge in [-0.05, 0) is 37.4 Å². The molecule has 2 aliphatic heterocycles. The van der Waals surface area contributed by atoms with Gasteiger partial charge in [0.05, 0.1) is 11.9 Å².